The maximum absolute atomic E-state index is 12.6. The number of carbonyl (C=O) groups excluding carboxylic acids is 1. The van der Waals surface area contributed by atoms with Crippen LogP contribution in [0.4, 0.5) is 5.13 Å². The number of aryl methyl sites for hydroxylation is 1. The van der Waals surface area contributed by atoms with Crippen LogP contribution in [-0.2, 0) is 11.2 Å². The molecule has 1 aromatic rings. The second-order valence-corrected chi connectivity index (χ2v) is 10.5. The largest absolute Gasteiger partial charge is 0.362 e. The van der Waals surface area contributed by atoms with Gasteiger partial charge in [-0.25, -0.2) is 4.98 Å². The lowest BCUT2D eigenvalue weighted by Gasteiger charge is -2.55. The molecule has 0 aromatic carbocycles. The predicted octanol–water partition coefficient (Wildman–Crippen LogP) is 5.33. The van der Waals surface area contributed by atoms with E-state index in [1.54, 1.807) is 0 Å². The molecule has 5 rings (SSSR count). The Morgan fingerprint density at radius 3 is 2.81 bits per heavy atom. The fourth-order valence-corrected chi connectivity index (χ4v) is 7.93. The van der Waals surface area contributed by atoms with E-state index in [4.69, 9.17) is 4.98 Å². The van der Waals surface area contributed by atoms with Crippen molar-refractivity contribution in [1.82, 2.24) is 4.98 Å². The van der Waals surface area contributed by atoms with Gasteiger partial charge in [0.15, 0.2) is 5.13 Å². The number of fused-ring (bicyclic) bond motifs is 7. The second-order valence-electron chi connectivity index (χ2n) is 9.39. The van der Waals surface area contributed by atoms with Crippen molar-refractivity contribution in [3.05, 3.63) is 16.6 Å². The summed E-state index contributed by atoms with van der Waals surface area (Å²) >= 11 is 1.85. The molecule has 1 aromatic heterocycles. The van der Waals surface area contributed by atoms with E-state index in [1.807, 2.05) is 11.3 Å². The molecule has 1 heterocycles. The van der Waals surface area contributed by atoms with E-state index < -0.39 is 0 Å². The Hall–Kier alpha value is -1.16. The molecule has 140 valence electrons. The third-order valence-corrected chi connectivity index (χ3v) is 9.40. The molecule has 5 atom stereocenters. The van der Waals surface area contributed by atoms with Crippen molar-refractivity contribution >= 4 is 27.8 Å². The first-order valence-electron chi connectivity index (χ1n) is 10.5. The molecule has 0 aliphatic heterocycles. The third kappa shape index (κ3) is 2.11. The van der Waals surface area contributed by atoms with Crippen LogP contribution < -0.4 is 5.32 Å². The molecule has 4 aliphatic carbocycles. The third-order valence-electron chi connectivity index (χ3n) is 8.33. The molecule has 26 heavy (non-hydrogen) atoms. The van der Waals surface area contributed by atoms with Crippen LogP contribution in [0.3, 0.4) is 0 Å². The van der Waals surface area contributed by atoms with Crippen LogP contribution >= 0.6 is 11.3 Å². The molecule has 0 amide bonds. The summed E-state index contributed by atoms with van der Waals surface area (Å²) in [5.41, 5.74) is 3.03. The lowest BCUT2D eigenvalue weighted by atomic mass is 9.48. The summed E-state index contributed by atoms with van der Waals surface area (Å²) in [4.78, 5) is 19.0. The number of nitrogens with zero attached hydrogens (tertiary/aromatic N) is 1. The molecule has 0 saturated heterocycles. The Morgan fingerprint density at radius 1 is 1.19 bits per heavy atom. The van der Waals surface area contributed by atoms with Gasteiger partial charge >= 0.3 is 0 Å². The van der Waals surface area contributed by atoms with E-state index in [1.165, 1.54) is 29.0 Å². The van der Waals surface area contributed by atoms with Crippen molar-refractivity contribution in [2.45, 2.75) is 65.7 Å². The van der Waals surface area contributed by atoms with Crippen molar-refractivity contribution in [2.24, 2.45) is 28.6 Å². The zero-order chi connectivity index (χ0) is 18.1. The number of ketones is 1. The van der Waals surface area contributed by atoms with E-state index in [2.05, 4.69) is 32.2 Å². The zero-order valence-corrected chi connectivity index (χ0v) is 17.0. The van der Waals surface area contributed by atoms with E-state index in [0.29, 0.717) is 17.6 Å². The number of Topliss-reactive ketones (excluding diaryl/α,β-unsaturated/α-hetero) is 1. The molecule has 0 spiro atoms. The van der Waals surface area contributed by atoms with E-state index in [0.717, 1.165) is 49.7 Å². The topological polar surface area (TPSA) is 42.0 Å². The first-order valence-corrected chi connectivity index (χ1v) is 11.3. The fraction of sp³-hybridized carbons (Fsp3) is 0.727. The number of nitrogens with one attached hydrogen (secondary N) is 1. The van der Waals surface area contributed by atoms with Gasteiger partial charge in [0.2, 0.25) is 0 Å². The number of hydrogen-bond acceptors (Lipinski definition) is 4. The standard InChI is InChI=1S/C22H30N2OS/c1-4-23-20-24-19-16-6-5-13-14-7-8-18(25)22(14,3)11-9-15(13)21(16,2)12-10-17(19)26-20/h6,13-15H,4-5,7-12H2,1-3H3,(H,23,24)/t13-,14-,15-,21+,22-/m0/s1. The number of carbonyl (C=O) groups is 1. The van der Waals surface area contributed by atoms with Gasteiger partial charge < -0.3 is 5.32 Å². The van der Waals surface area contributed by atoms with Gasteiger partial charge in [-0.15, -0.1) is 11.3 Å². The molecule has 0 bridgehead atoms. The van der Waals surface area contributed by atoms with Crippen molar-refractivity contribution in [3.63, 3.8) is 0 Å². The average molecular weight is 371 g/mol. The molecule has 2 fully saturated rings. The van der Waals surface area contributed by atoms with E-state index in [-0.39, 0.29) is 10.8 Å². The molecule has 2 saturated carbocycles. The van der Waals surface area contributed by atoms with Crippen LogP contribution in [0.5, 0.6) is 0 Å². The highest BCUT2D eigenvalue weighted by atomic mass is 32.1. The normalized spacial score (nSPS) is 41.0. The van der Waals surface area contributed by atoms with Crippen LogP contribution in [0, 0.1) is 28.6 Å². The number of thiazole rings is 1. The Balaban J connectivity index is 1.54. The summed E-state index contributed by atoms with van der Waals surface area (Å²) in [7, 11) is 0. The maximum atomic E-state index is 12.6. The highest BCUT2D eigenvalue weighted by Gasteiger charge is 2.58. The molecule has 4 heteroatoms. The summed E-state index contributed by atoms with van der Waals surface area (Å²) in [5, 5.41) is 4.50. The highest BCUT2D eigenvalue weighted by Crippen LogP contribution is 2.65. The van der Waals surface area contributed by atoms with Crippen molar-refractivity contribution in [2.75, 3.05) is 11.9 Å². The SMILES string of the molecule is CCNc1nc2c(s1)CC[C@@]1(C)C2=CC[C@@H]2[C@@H]1CC[C@]1(C)C(=O)CC[C@@H]21. The highest BCUT2D eigenvalue weighted by molar-refractivity contribution is 7.15. The first kappa shape index (κ1) is 17.0. The van der Waals surface area contributed by atoms with Gasteiger partial charge in [0, 0.05) is 23.3 Å². The van der Waals surface area contributed by atoms with Crippen LogP contribution in [0.15, 0.2) is 6.08 Å². The van der Waals surface area contributed by atoms with Crippen molar-refractivity contribution < 1.29 is 4.79 Å². The smallest absolute Gasteiger partial charge is 0.183 e. The molecular weight excluding hydrogens is 340 g/mol. The molecule has 0 radical (unpaired) electrons. The van der Waals surface area contributed by atoms with E-state index in [9.17, 15) is 4.79 Å². The van der Waals surface area contributed by atoms with Crippen LogP contribution in [0.1, 0.15) is 69.9 Å². The summed E-state index contributed by atoms with van der Waals surface area (Å²) in [5.74, 6) is 2.57. The number of anilines is 1. The fourth-order valence-electron chi connectivity index (χ4n) is 6.88. The molecule has 3 nitrogen and oxygen atoms in total. The number of allylic oxidation sites excluding steroid dienone is 2. The number of aromatic nitrogens is 1. The van der Waals surface area contributed by atoms with Gasteiger partial charge in [0.25, 0.3) is 0 Å². The van der Waals surface area contributed by atoms with Crippen molar-refractivity contribution in [1.29, 1.82) is 0 Å². The lowest BCUT2D eigenvalue weighted by Crippen LogP contribution is -2.49. The Kier molecular flexibility index (Phi) is 3.70. The summed E-state index contributed by atoms with van der Waals surface area (Å²) in [6.45, 7) is 7.84. The minimum Gasteiger partial charge on any atom is -0.362 e. The maximum Gasteiger partial charge on any atom is 0.183 e. The van der Waals surface area contributed by atoms with E-state index >= 15 is 0 Å². The second kappa shape index (κ2) is 5.67. The van der Waals surface area contributed by atoms with Crippen LogP contribution in [-0.4, -0.2) is 17.3 Å². The monoisotopic (exact) mass is 370 g/mol. The predicted molar refractivity (Wildman–Crippen MR) is 107 cm³/mol. The molecule has 1 N–H and O–H groups in total. The quantitative estimate of drug-likeness (QED) is 0.765. The molecule has 4 aliphatic rings. The van der Waals surface area contributed by atoms with Gasteiger partial charge in [0.05, 0.1) is 5.69 Å². The van der Waals surface area contributed by atoms with Gasteiger partial charge in [0.1, 0.15) is 5.78 Å². The van der Waals surface area contributed by atoms with Crippen LogP contribution in [0.2, 0.25) is 0 Å². The average Bonchev–Trinajstić information content (AvgIpc) is 3.15. The van der Waals surface area contributed by atoms with Crippen molar-refractivity contribution in [3.8, 4) is 0 Å². The lowest BCUT2D eigenvalue weighted by molar-refractivity contribution is -0.131. The Morgan fingerprint density at radius 2 is 2.00 bits per heavy atom. The van der Waals surface area contributed by atoms with Gasteiger partial charge in [-0.2, -0.15) is 0 Å². The van der Waals surface area contributed by atoms with Gasteiger partial charge in [-0.3, -0.25) is 4.79 Å². The minimum absolute atomic E-state index is 0.0262. The zero-order valence-electron chi connectivity index (χ0n) is 16.2. The summed E-state index contributed by atoms with van der Waals surface area (Å²) < 4.78 is 0. The van der Waals surface area contributed by atoms with Gasteiger partial charge in [-0.1, -0.05) is 19.9 Å². The first-order chi connectivity index (χ1) is 12.5. The molecular formula is C22H30N2OS. The Labute approximate surface area is 160 Å². The van der Waals surface area contributed by atoms with Crippen LogP contribution in [0.25, 0.3) is 5.57 Å². The minimum atomic E-state index is -0.0262. The summed E-state index contributed by atoms with van der Waals surface area (Å²) in [6.07, 6.45) is 10.3. The summed E-state index contributed by atoms with van der Waals surface area (Å²) in [6, 6.07) is 0. The Bertz CT molecular complexity index is 796. The number of hydrogen-bond donors (Lipinski definition) is 1. The van der Waals surface area contributed by atoms with Gasteiger partial charge in [-0.05, 0) is 74.2 Å². The molecule has 0 unspecified atom stereocenters. The number of rotatable bonds is 2.